The maximum absolute atomic E-state index is 11.6. The minimum Gasteiger partial charge on any atom is -0.497 e. The minimum absolute atomic E-state index is 0.120. The molecule has 2 N–H and O–H groups in total. The van der Waals surface area contributed by atoms with Gasteiger partial charge < -0.3 is 20.1 Å². The lowest BCUT2D eigenvalue weighted by atomic mass is 10.2. The molecule has 0 atom stereocenters. The van der Waals surface area contributed by atoms with Crippen LogP contribution in [0.15, 0.2) is 71.3 Å². The summed E-state index contributed by atoms with van der Waals surface area (Å²) in [6, 6.07) is 13.1. The molecule has 0 aromatic heterocycles. The average Bonchev–Trinajstić information content (AvgIpc) is 2.72. The van der Waals surface area contributed by atoms with E-state index in [9.17, 15) is 20.2 Å². The number of methoxy groups -OCH3 is 2. The molecule has 0 saturated heterocycles. The molecule has 0 bridgehead atoms. The number of nitro groups is 2. The van der Waals surface area contributed by atoms with Crippen molar-refractivity contribution in [2.75, 3.05) is 24.9 Å². The SMILES string of the molecule is COc1ccc(NC(Nc2ccc(OC)cc2)=C(C=C(Cl)[N+](=O)[O-])[N+](=O)[O-])cc1. The van der Waals surface area contributed by atoms with E-state index in [4.69, 9.17) is 21.1 Å². The molecule has 0 aliphatic heterocycles. The third-order valence-corrected chi connectivity index (χ3v) is 3.85. The average molecular weight is 421 g/mol. The van der Waals surface area contributed by atoms with E-state index in [1.807, 2.05) is 0 Å². The Balaban J connectivity index is 2.49. The van der Waals surface area contributed by atoms with Crippen LogP contribution in [0.2, 0.25) is 0 Å². The highest BCUT2D eigenvalue weighted by Crippen LogP contribution is 2.22. The van der Waals surface area contributed by atoms with Crippen molar-refractivity contribution in [3.8, 4) is 11.5 Å². The highest BCUT2D eigenvalue weighted by molar-refractivity contribution is 6.28. The van der Waals surface area contributed by atoms with Crippen molar-refractivity contribution in [1.82, 2.24) is 0 Å². The molecule has 152 valence electrons. The number of hydrogen-bond donors (Lipinski definition) is 2. The molecule has 29 heavy (non-hydrogen) atoms. The van der Waals surface area contributed by atoms with Crippen LogP contribution >= 0.6 is 11.6 Å². The van der Waals surface area contributed by atoms with E-state index in [0.717, 1.165) is 0 Å². The quantitative estimate of drug-likeness (QED) is 0.269. The normalized spacial score (nSPS) is 10.7. The Kier molecular flexibility index (Phi) is 7.38. The van der Waals surface area contributed by atoms with Crippen molar-refractivity contribution < 1.29 is 19.3 Å². The molecule has 0 aliphatic carbocycles. The summed E-state index contributed by atoms with van der Waals surface area (Å²) in [7, 11) is 3.02. The molecule has 0 unspecified atom stereocenters. The number of ether oxygens (including phenoxy) is 2. The van der Waals surface area contributed by atoms with Gasteiger partial charge in [-0.1, -0.05) is 0 Å². The highest BCUT2D eigenvalue weighted by atomic mass is 35.5. The van der Waals surface area contributed by atoms with Crippen molar-refractivity contribution in [1.29, 1.82) is 0 Å². The topological polar surface area (TPSA) is 129 Å². The molecule has 2 aromatic carbocycles. The molecule has 0 saturated carbocycles. The van der Waals surface area contributed by atoms with Crippen molar-refractivity contribution in [2.24, 2.45) is 0 Å². The second-order valence-corrected chi connectivity index (χ2v) is 5.84. The predicted octanol–water partition coefficient (Wildman–Crippen LogP) is 4.03. The Hall–Kier alpha value is -3.79. The summed E-state index contributed by atoms with van der Waals surface area (Å²) in [5, 5.41) is 27.2. The van der Waals surface area contributed by atoms with Crippen LogP contribution in [-0.4, -0.2) is 24.1 Å². The van der Waals surface area contributed by atoms with E-state index in [1.54, 1.807) is 48.5 Å². The Morgan fingerprint density at radius 1 is 0.862 bits per heavy atom. The highest BCUT2D eigenvalue weighted by Gasteiger charge is 2.22. The van der Waals surface area contributed by atoms with Crippen molar-refractivity contribution in [3.05, 3.63) is 91.5 Å². The van der Waals surface area contributed by atoms with Gasteiger partial charge >= 0.3 is 10.9 Å². The zero-order chi connectivity index (χ0) is 21.4. The van der Waals surface area contributed by atoms with E-state index in [1.165, 1.54) is 14.2 Å². The largest absolute Gasteiger partial charge is 0.497 e. The Bertz CT molecular complexity index is 890. The Labute approximate surface area is 170 Å². The van der Waals surface area contributed by atoms with Gasteiger partial charge in [0.05, 0.1) is 24.1 Å². The van der Waals surface area contributed by atoms with Gasteiger partial charge in [-0.05, 0) is 60.1 Å². The Morgan fingerprint density at radius 2 is 1.28 bits per heavy atom. The lowest BCUT2D eigenvalue weighted by molar-refractivity contribution is -0.428. The summed E-state index contributed by atoms with van der Waals surface area (Å²) < 4.78 is 10.2. The second-order valence-electron chi connectivity index (χ2n) is 5.45. The van der Waals surface area contributed by atoms with Gasteiger partial charge in [-0.25, -0.2) is 0 Å². The van der Waals surface area contributed by atoms with E-state index in [2.05, 4.69) is 10.6 Å². The van der Waals surface area contributed by atoms with Crippen molar-refractivity contribution in [3.63, 3.8) is 0 Å². The number of allylic oxidation sites excluding steroid dienone is 1. The van der Waals surface area contributed by atoms with Crippen LogP contribution in [0.25, 0.3) is 0 Å². The fourth-order valence-electron chi connectivity index (χ4n) is 2.18. The molecule has 2 rings (SSSR count). The van der Waals surface area contributed by atoms with Crippen LogP contribution in [0.5, 0.6) is 11.5 Å². The van der Waals surface area contributed by atoms with Gasteiger partial charge in [-0.3, -0.25) is 20.2 Å². The maximum Gasteiger partial charge on any atom is 0.344 e. The summed E-state index contributed by atoms with van der Waals surface area (Å²) in [6.45, 7) is 0. The van der Waals surface area contributed by atoms with Crippen LogP contribution in [-0.2, 0) is 0 Å². The number of anilines is 2. The van der Waals surface area contributed by atoms with Gasteiger partial charge in [0.25, 0.3) is 0 Å². The first-order valence-electron chi connectivity index (χ1n) is 8.06. The smallest absolute Gasteiger partial charge is 0.344 e. The fraction of sp³-hybridized carbons (Fsp3) is 0.111. The Morgan fingerprint density at radius 3 is 1.59 bits per heavy atom. The molecular formula is C18H17ClN4O6. The van der Waals surface area contributed by atoms with Gasteiger partial charge in [-0.15, -0.1) is 0 Å². The van der Waals surface area contributed by atoms with E-state index < -0.39 is 20.7 Å². The van der Waals surface area contributed by atoms with Crippen LogP contribution in [0.4, 0.5) is 11.4 Å². The number of hydrogen-bond acceptors (Lipinski definition) is 8. The summed E-state index contributed by atoms with van der Waals surface area (Å²) in [5.41, 5.74) is 0.330. The molecule has 11 heteroatoms. The van der Waals surface area contributed by atoms with E-state index in [0.29, 0.717) is 28.9 Å². The molecule has 10 nitrogen and oxygen atoms in total. The van der Waals surface area contributed by atoms with Gasteiger partial charge in [0.1, 0.15) is 17.6 Å². The summed E-state index contributed by atoms with van der Waals surface area (Å²) >= 11 is 5.52. The van der Waals surface area contributed by atoms with E-state index in [-0.39, 0.29) is 5.82 Å². The minimum atomic E-state index is -0.927. The van der Waals surface area contributed by atoms with Gasteiger partial charge in [0.15, 0.2) is 5.82 Å². The zero-order valence-corrected chi connectivity index (χ0v) is 16.2. The summed E-state index contributed by atoms with van der Waals surface area (Å²) in [6.07, 6.45) is 0.657. The molecule has 0 spiro atoms. The lowest BCUT2D eigenvalue weighted by Gasteiger charge is -2.14. The number of benzene rings is 2. The molecule has 0 heterocycles. The number of nitrogens with zero attached hydrogens (tertiary/aromatic N) is 2. The van der Waals surface area contributed by atoms with Crippen molar-refractivity contribution in [2.45, 2.75) is 0 Å². The second kappa shape index (κ2) is 9.95. The molecule has 0 radical (unpaired) electrons. The van der Waals surface area contributed by atoms with Crippen LogP contribution < -0.4 is 20.1 Å². The third kappa shape index (κ3) is 6.11. The fourth-order valence-corrected chi connectivity index (χ4v) is 2.28. The summed E-state index contributed by atoms with van der Waals surface area (Å²) in [4.78, 5) is 20.7. The molecule has 0 aliphatic rings. The standard InChI is InChI=1S/C18H17ClN4O6/c1-28-14-7-3-12(4-8-14)20-18(16(22(24)25)11-17(19)23(26)27)21-13-5-9-15(29-2)10-6-13/h3-11,20-21H,1-2H3. The van der Waals surface area contributed by atoms with Gasteiger partial charge in [-0.2, -0.15) is 0 Å². The first-order valence-corrected chi connectivity index (χ1v) is 8.44. The number of nitrogens with one attached hydrogen (secondary N) is 2. The first-order chi connectivity index (χ1) is 13.8. The predicted molar refractivity (Wildman–Crippen MR) is 108 cm³/mol. The summed E-state index contributed by atoms with van der Waals surface area (Å²) in [5.74, 6) is 1.07. The maximum atomic E-state index is 11.6. The first kappa shape index (κ1) is 21.5. The number of rotatable bonds is 9. The zero-order valence-electron chi connectivity index (χ0n) is 15.4. The molecule has 0 amide bonds. The monoisotopic (exact) mass is 420 g/mol. The molecule has 2 aromatic rings. The molecular weight excluding hydrogens is 404 g/mol. The van der Waals surface area contributed by atoms with E-state index >= 15 is 0 Å². The van der Waals surface area contributed by atoms with Crippen LogP contribution in [0.1, 0.15) is 0 Å². The third-order valence-electron chi connectivity index (χ3n) is 3.60. The van der Waals surface area contributed by atoms with Crippen LogP contribution in [0, 0.1) is 20.2 Å². The van der Waals surface area contributed by atoms with Crippen molar-refractivity contribution >= 4 is 23.0 Å². The lowest BCUT2D eigenvalue weighted by Crippen LogP contribution is -2.16. The van der Waals surface area contributed by atoms with Gasteiger partial charge in [0.2, 0.25) is 0 Å². The number of halogens is 1. The van der Waals surface area contributed by atoms with Crippen LogP contribution in [0.3, 0.4) is 0 Å². The van der Waals surface area contributed by atoms with Gasteiger partial charge in [0, 0.05) is 11.4 Å². The molecule has 0 fully saturated rings.